The molecule has 0 aromatic heterocycles. The fourth-order valence-corrected chi connectivity index (χ4v) is 3.01. The summed E-state index contributed by atoms with van der Waals surface area (Å²) >= 11 is 3.59. The van der Waals surface area contributed by atoms with Crippen molar-refractivity contribution < 1.29 is 8.78 Å². The van der Waals surface area contributed by atoms with Crippen molar-refractivity contribution in [3.8, 4) is 0 Å². The highest BCUT2D eigenvalue weighted by atomic mass is 79.9. The van der Waals surface area contributed by atoms with Crippen molar-refractivity contribution in [2.45, 2.75) is 30.5 Å². The first-order chi connectivity index (χ1) is 7.08. The van der Waals surface area contributed by atoms with E-state index in [4.69, 9.17) is 0 Å². The van der Waals surface area contributed by atoms with Gasteiger partial charge in [-0.05, 0) is 42.4 Å². The summed E-state index contributed by atoms with van der Waals surface area (Å²) in [7, 11) is 0. The SMILES string of the molecule is CC1C(Br)CCC1c1cc(F)cc(F)c1. The van der Waals surface area contributed by atoms with Crippen LogP contribution in [-0.2, 0) is 0 Å². The molecule has 1 aromatic rings. The first-order valence-electron chi connectivity index (χ1n) is 5.18. The molecule has 0 radical (unpaired) electrons. The molecule has 15 heavy (non-hydrogen) atoms. The van der Waals surface area contributed by atoms with Crippen LogP contribution in [-0.4, -0.2) is 4.83 Å². The quantitative estimate of drug-likeness (QED) is 0.672. The number of rotatable bonds is 1. The lowest BCUT2D eigenvalue weighted by atomic mass is 9.90. The van der Waals surface area contributed by atoms with Gasteiger partial charge >= 0.3 is 0 Å². The number of halogens is 3. The van der Waals surface area contributed by atoms with Gasteiger partial charge in [-0.15, -0.1) is 0 Å². The van der Waals surface area contributed by atoms with E-state index < -0.39 is 11.6 Å². The minimum atomic E-state index is -0.477. The van der Waals surface area contributed by atoms with Crippen molar-refractivity contribution in [2.24, 2.45) is 5.92 Å². The van der Waals surface area contributed by atoms with Gasteiger partial charge in [0.2, 0.25) is 0 Å². The predicted molar refractivity (Wildman–Crippen MR) is 60.2 cm³/mol. The maximum Gasteiger partial charge on any atom is 0.126 e. The molecule has 1 aromatic carbocycles. The largest absolute Gasteiger partial charge is 0.207 e. The fraction of sp³-hybridized carbons (Fsp3) is 0.500. The Morgan fingerprint density at radius 3 is 2.20 bits per heavy atom. The molecule has 1 fully saturated rings. The molecule has 0 spiro atoms. The molecule has 1 saturated carbocycles. The highest BCUT2D eigenvalue weighted by molar-refractivity contribution is 9.09. The molecule has 0 bridgehead atoms. The third-order valence-electron chi connectivity index (χ3n) is 3.27. The first-order valence-corrected chi connectivity index (χ1v) is 6.09. The van der Waals surface area contributed by atoms with Gasteiger partial charge in [0.15, 0.2) is 0 Å². The van der Waals surface area contributed by atoms with Gasteiger partial charge in [-0.2, -0.15) is 0 Å². The highest BCUT2D eigenvalue weighted by Crippen LogP contribution is 2.43. The van der Waals surface area contributed by atoms with Gasteiger partial charge in [0.1, 0.15) is 11.6 Å². The monoisotopic (exact) mass is 274 g/mol. The second-order valence-corrected chi connectivity index (χ2v) is 5.44. The highest BCUT2D eigenvalue weighted by Gasteiger charge is 2.32. The molecule has 0 amide bonds. The zero-order chi connectivity index (χ0) is 11.0. The maximum absolute atomic E-state index is 13.1. The first kappa shape index (κ1) is 11.1. The van der Waals surface area contributed by atoms with Gasteiger partial charge < -0.3 is 0 Å². The molecule has 3 atom stereocenters. The molecule has 0 aliphatic heterocycles. The van der Waals surface area contributed by atoms with Crippen molar-refractivity contribution in [2.75, 3.05) is 0 Å². The van der Waals surface area contributed by atoms with E-state index in [2.05, 4.69) is 22.9 Å². The van der Waals surface area contributed by atoms with E-state index >= 15 is 0 Å². The molecule has 0 N–H and O–H groups in total. The van der Waals surface area contributed by atoms with Crippen LogP contribution >= 0.6 is 15.9 Å². The van der Waals surface area contributed by atoms with Crippen molar-refractivity contribution in [3.05, 3.63) is 35.4 Å². The molecule has 3 heteroatoms. The van der Waals surface area contributed by atoms with Gasteiger partial charge in [-0.25, -0.2) is 8.78 Å². The zero-order valence-corrected chi connectivity index (χ0v) is 10.1. The van der Waals surface area contributed by atoms with Crippen LogP contribution in [0.4, 0.5) is 8.78 Å². The van der Waals surface area contributed by atoms with Gasteiger partial charge in [0.25, 0.3) is 0 Å². The Morgan fingerprint density at radius 2 is 1.73 bits per heavy atom. The molecule has 82 valence electrons. The Bertz CT molecular complexity index is 344. The van der Waals surface area contributed by atoms with Crippen molar-refractivity contribution >= 4 is 15.9 Å². The second kappa shape index (κ2) is 4.20. The summed E-state index contributed by atoms with van der Waals surface area (Å²) in [6.45, 7) is 2.12. The van der Waals surface area contributed by atoms with Crippen LogP contribution in [0.25, 0.3) is 0 Å². The number of hydrogen-bond donors (Lipinski definition) is 0. The summed E-state index contributed by atoms with van der Waals surface area (Å²) in [6, 6.07) is 3.83. The number of benzene rings is 1. The smallest absolute Gasteiger partial charge is 0.126 e. The van der Waals surface area contributed by atoms with Crippen LogP contribution in [0.15, 0.2) is 18.2 Å². The standard InChI is InChI=1S/C12H13BrF2/c1-7-11(2-3-12(7)13)8-4-9(14)6-10(15)5-8/h4-7,11-12H,2-3H2,1H3. The molecule has 0 nitrogen and oxygen atoms in total. The summed E-state index contributed by atoms with van der Waals surface area (Å²) in [5.74, 6) is -0.240. The Morgan fingerprint density at radius 1 is 1.13 bits per heavy atom. The van der Waals surface area contributed by atoms with Crippen LogP contribution < -0.4 is 0 Å². The second-order valence-electron chi connectivity index (χ2n) is 4.26. The van der Waals surface area contributed by atoms with Gasteiger partial charge in [0.05, 0.1) is 0 Å². The molecule has 1 aliphatic carbocycles. The van der Waals surface area contributed by atoms with Crippen LogP contribution in [0, 0.1) is 17.6 Å². The molecule has 0 heterocycles. The summed E-state index contributed by atoms with van der Waals surface area (Å²) in [5, 5.41) is 0. The van der Waals surface area contributed by atoms with Crippen LogP contribution in [0.1, 0.15) is 31.2 Å². The topological polar surface area (TPSA) is 0 Å². The van der Waals surface area contributed by atoms with E-state index in [1.807, 2.05) is 0 Å². The van der Waals surface area contributed by atoms with E-state index in [-0.39, 0.29) is 5.92 Å². The molecule has 3 unspecified atom stereocenters. The van der Waals surface area contributed by atoms with E-state index in [1.54, 1.807) is 0 Å². The van der Waals surface area contributed by atoms with Gasteiger partial charge in [-0.3, -0.25) is 0 Å². The van der Waals surface area contributed by atoms with E-state index in [0.29, 0.717) is 10.7 Å². The van der Waals surface area contributed by atoms with Crippen LogP contribution in [0.2, 0.25) is 0 Å². The Balaban J connectivity index is 2.30. The van der Waals surface area contributed by atoms with Crippen molar-refractivity contribution in [1.82, 2.24) is 0 Å². The van der Waals surface area contributed by atoms with Gasteiger partial charge in [-0.1, -0.05) is 22.9 Å². The third-order valence-corrected chi connectivity index (χ3v) is 4.56. The van der Waals surface area contributed by atoms with Crippen molar-refractivity contribution in [1.29, 1.82) is 0 Å². The zero-order valence-electron chi connectivity index (χ0n) is 8.51. The number of hydrogen-bond acceptors (Lipinski definition) is 0. The van der Waals surface area contributed by atoms with E-state index in [0.717, 1.165) is 24.5 Å². The maximum atomic E-state index is 13.1. The summed E-state index contributed by atoms with van der Waals surface area (Å²) in [4.78, 5) is 0.467. The molecular formula is C12H13BrF2. The summed E-state index contributed by atoms with van der Waals surface area (Å²) in [5.41, 5.74) is 0.793. The average Bonchev–Trinajstić information content (AvgIpc) is 2.46. The van der Waals surface area contributed by atoms with Crippen molar-refractivity contribution in [3.63, 3.8) is 0 Å². The molecule has 0 saturated heterocycles. The molecule has 2 rings (SSSR count). The van der Waals surface area contributed by atoms with Crippen LogP contribution in [0.3, 0.4) is 0 Å². The number of alkyl halides is 1. The normalized spacial score (nSPS) is 30.8. The summed E-state index contributed by atoms with van der Waals surface area (Å²) < 4.78 is 26.1. The Kier molecular flexibility index (Phi) is 3.10. The third kappa shape index (κ3) is 2.22. The van der Waals surface area contributed by atoms with Gasteiger partial charge in [0, 0.05) is 10.9 Å². The Hall–Kier alpha value is -0.440. The minimum Gasteiger partial charge on any atom is -0.207 e. The lowest BCUT2D eigenvalue weighted by Crippen LogP contribution is -2.09. The molecular weight excluding hydrogens is 262 g/mol. The minimum absolute atomic E-state index is 0.277. The van der Waals surface area contributed by atoms with E-state index in [1.165, 1.54) is 12.1 Å². The summed E-state index contributed by atoms with van der Waals surface area (Å²) in [6.07, 6.45) is 2.07. The average molecular weight is 275 g/mol. The lowest BCUT2D eigenvalue weighted by Gasteiger charge is -2.17. The Labute approximate surface area is 96.8 Å². The molecule has 1 aliphatic rings. The van der Waals surface area contributed by atoms with E-state index in [9.17, 15) is 8.78 Å². The fourth-order valence-electron chi connectivity index (χ4n) is 2.38. The lowest BCUT2D eigenvalue weighted by molar-refractivity contribution is 0.527. The predicted octanol–water partition coefficient (Wildman–Crippen LogP) is 4.24. The van der Waals surface area contributed by atoms with Crippen LogP contribution in [0.5, 0.6) is 0 Å².